The number of nitrogens with zero attached hydrogens (tertiary/aromatic N) is 6. The van der Waals surface area contributed by atoms with Crippen molar-refractivity contribution < 1.29 is 255 Å². The summed E-state index contributed by atoms with van der Waals surface area (Å²) in [6.07, 6.45) is 0.828. The maximum absolute atomic E-state index is 12.4. The normalized spacial score (nSPS) is 11.8. The van der Waals surface area contributed by atoms with Crippen LogP contribution in [0.3, 0.4) is 0 Å². The van der Waals surface area contributed by atoms with E-state index in [9.17, 15) is 77.8 Å². The Labute approximate surface area is 565 Å². The molecule has 2 aromatic heterocycles. The third-order valence-electron chi connectivity index (χ3n) is 8.69. The Morgan fingerprint density at radius 1 is 0.419 bits per heavy atom. The Morgan fingerprint density at radius 3 is 1.31 bits per heavy atom. The third-order valence-corrected chi connectivity index (χ3v) is 14.3. The van der Waals surface area contributed by atoms with Crippen LogP contribution in [0, 0.1) is 0 Å². The fourth-order valence-electron chi connectivity index (χ4n) is 5.92. The zero-order valence-corrected chi connectivity index (χ0v) is 57.1. The fraction of sp³-hybridized carbons (Fsp3) is 0.0588. The van der Waals surface area contributed by atoms with Gasteiger partial charge in [-0.2, -0.15) is 19.9 Å². The van der Waals surface area contributed by atoms with Gasteiger partial charge in [-0.25, -0.2) is 60.5 Å². The Morgan fingerprint density at radius 2 is 0.838 bits per heavy atom. The van der Waals surface area contributed by atoms with E-state index in [1.54, 1.807) is 0 Å². The molecule has 40 heteroatoms. The van der Waals surface area contributed by atoms with Crippen molar-refractivity contribution in [3.63, 3.8) is 0 Å². The van der Waals surface area contributed by atoms with Gasteiger partial charge in [-0.05, 0) is 100 Å². The van der Waals surface area contributed by atoms with Gasteiger partial charge in [0.1, 0.15) is 72.4 Å². The van der Waals surface area contributed by atoms with E-state index in [-0.39, 0.29) is 206 Å². The quantitative estimate of drug-likeness (QED) is 0.0516. The van der Waals surface area contributed by atoms with Gasteiger partial charge in [0.25, 0.3) is 0 Å². The molecule has 360 valence electrons. The molecule has 0 aliphatic heterocycles. The zero-order chi connectivity index (χ0) is 50.4. The Bertz CT molecular complexity index is 3580. The van der Waals surface area contributed by atoms with E-state index in [2.05, 4.69) is 40.5 Å². The first-order chi connectivity index (χ1) is 31.2. The van der Waals surface area contributed by atoms with Crippen molar-refractivity contribution in [1.82, 2.24) is 29.9 Å². The SMILES string of the molecule is O=S(=O)([O-])c1ccc(S(=O)(=O)[O-])c(Cc2nc(Cl)nc(Nc3ccc(/C=C/c4ccc(Cc5nc(Cl)nc(Nc6cc(S(=O)(=O)[O-])ccc6S(=O)(=O)[O-])n5)cc4S(=O)(=O)[O-])c(S(=O)(=O)[O-])c3)n2)c1.[Na+].[Na+].[Na+].[Na+].[Na+].[Na+]. The number of rotatable bonds is 16. The van der Waals surface area contributed by atoms with E-state index in [1.807, 2.05) is 0 Å². The summed E-state index contributed by atoms with van der Waals surface area (Å²) >= 11 is 12.0. The molecule has 0 spiro atoms. The van der Waals surface area contributed by atoms with Crippen LogP contribution >= 0.6 is 23.2 Å². The average molecular weight is 1230 g/mol. The predicted octanol–water partition coefficient (Wildman–Crippen LogP) is -16.3. The predicted molar refractivity (Wildman–Crippen MR) is 224 cm³/mol. The number of aromatic nitrogens is 6. The second kappa shape index (κ2) is 29.3. The molecule has 0 aliphatic rings. The van der Waals surface area contributed by atoms with Gasteiger partial charge in [0.15, 0.2) is 0 Å². The van der Waals surface area contributed by atoms with Gasteiger partial charge in [-0.3, -0.25) is 0 Å². The topological polar surface area (TPSA) is 445 Å². The van der Waals surface area contributed by atoms with Crippen molar-refractivity contribution >= 4 is 119 Å². The van der Waals surface area contributed by atoms with E-state index in [0.29, 0.717) is 36.4 Å². The minimum absolute atomic E-state index is 0. The molecule has 74 heavy (non-hydrogen) atoms. The molecule has 0 unspecified atom stereocenters. The summed E-state index contributed by atoms with van der Waals surface area (Å²) in [5.41, 5.74) is -2.09. The van der Waals surface area contributed by atoms with Crippen LogP contribution in [0.1, 0.15) is 33.9 Å². The fourth-order valence-corrected chi connectivity index (χ4v) is 10.0. The molecule has 0 saturated heterocycles. The first kappa shape index (κ1) is 74.3. The van der Waals surface area contributed by atoms with Crippen LogP contribution in [0.4, 0.5) is 23.3 Å². The van der Waals surface area contributed by atoms with E-state index < -0.39 is 142 Å². The molecule has 0 bridgehead atoms. The molecule has 0 amide bonds. The molecule has 2 heterocycles. The van der Waals surface area contributed by atoms with E-state index in [0.717, 1.165) is 36.4 Å². The van der Waals surface area contributed by atoms with Crippen LogP contribution in [-0.4, -0.2) is 108 Å². The summed E-state index contributed by atoms with van der Waals surface area (Å²) in [6.45, 7) is 0. The average Bonchev–Trinajstić information content (AvgIpc) is 3.18. The Balaban J connectivity index is 0.00000888. The summed E-state index contributed by atoms with van der Waals surface area (Å²) < 4.78 is 215. The first-order valence-corrected chi connectivity index (χ1v) is 26.8. The minimum Gasteiger partial charge on any atom is -0.744 e. The van der Waals surface area contributed by atoms with Gasteiger partial charge in [-0.15, -0.1) is 0 Å². The summed E-state index contributed by atoms with van der Waals surface area (Å²) in [4.78, 5) is 17.6. The third kappa shape index (κ3) is 20.7. The number of nitrogens with one attached hydrogen (secondary N) is 2. The van der Waals surface area contributed by atoms with Crippen LogP contribution in [0.2, 0.25) is 10.6 Å². The van der Waals surface area contributed by atoms with Crippen LogP contribution in [-0.2, 0) is 73.6 Å². The second-order valence-electron chi connectivity index (χ2n) is 13.4. The monoisotopic (exact) mass is 1230 g/mol. The van der Waals surface area contributed by atoms with E-state index in [4.69, 9.17) is 23.2 Å². The maximum atomic E-state index is 12.4. The molecule has 0 atom stereocenters. The largest absolute Gasteiger partial charge is 1.00 e. The number of halogens is 2. The molecule has 6 rings (SSSR count). The summed E-state index contributed by atoms with van der Waals surface area (Å²) in [5, 5.41) is 3.69. The number of anilines is 4. The molecule has 4 aromatic carbocycles. The molecule has 26 nitrogen and oxygen atoms in total. The van der Waals surface area contributed by atoms with Gasteiger partial charge in [0, 0.05) is 18.5 Å². The molecule has 0 aliphatic carbocycles. The molecular formula is C34H20Cl2N8Na6O18S6. The van der Waals surface area contributed by atoms with Crippen molar-refractivity contribution in [2.75, 3.05) is 10.6 Å². The van der Waals surface area contributed by atoms with Crippen molar-refractivity contribution in [2.24, 2.45) is 0 Å². The molecule has 6 aromatic rings. The maximum Gasteiger partial charge on any atom is 1.00 e. The number of hydrogen-bond acceptors (Lipinski definition) is 26. The number of benzene rings is 4. The summed E-state index contributed by atoms with van der Waals surface area (Å²) in [5.74, 6) is -1.70. The minimum atomic E-state index is -5.35. The van der Waals surface area contributed by atoms with Gasteiger partial charge in [0.2, 0.25) is 22.5 Å². The molecule has 0 fully saturated rings. The Hall–Kier alpha value is 0.280. The van der Waals surface area contributed by atoms with Gasteiger partial charge >= 0.3 is 177 Å². The molecule has 2 N–H and O–H groups in total. The van der Waals surface area contributed by atoms with Crippen molar-refractivity contribution in [3.05, 3.63) is 117 Å². The molecule has 0 saturated carbocycles. The van der Waals surface area contributed by atoms with Gasteiger partial charge in [0.05, 0.1) is 35.1 Å². The molecular weight excluding hydrogens is 1210 g/mol. The number of hydrogen-bond donors (Lipinski definition) is 2. The van der Waals surface area contributed by atoms with Gasteiger partial charge in [-0.1, -0.05) is 30.4 Å². The second-order valence-corrected chi connectivity index (χ2v) is 22.2. The van der Waals surface area contributed by atoms with E-state index in [1.165, 1.54) is 12.1 Å². The van der Waals surface area contributed by atoms with Crippen LogP contribution in [0.15, 0.2) is 102 Å². The van der Waals surface area contributed by atoms with Crippen LogP contribution in [0.5, 0.6) is 0 Å². The van der Waals surface area contributed by atoms with Crippen molar-refractivity contribution in [1.29, 1.82) is 0 Å². The van der Waals surface area contributed by atoms with Crippen LogP contribution < -0.4 is 188 Å². The standard InChI is InChI=1S/C34H26Cl2N8O18S6.6Na/c35-31-39-29(41-34(44-31)38-24-16-23(64(48,49)50)8-10-26(24)66(54,55)56)12-17-1-2-18(27(11-17)67(57,58)59)3-4-19-5-6-21(15-28(19)68(60,61)62)37-33-42-30(40-32(36)43-33)14-20-13-22(63(45,46)47)7-9-25(20)65(51,52)53;;;;;;/h1-11,13,15-16H,12,14H2,(H,45,46,47)(H,48,49,50)(H,51,52,53)(H,54,55,56)(H,57,58,59)(H,60,61,62)(H,37,40,42,43)(H,38,39,41,44);;;;;;/q;6*+1/p-6/b4-3+;;;;;;. The van der Waals surface area contributed by atoms with E-state index >= 15 is 0 Å². The van der Waals surface area contributed by atoms with Crippen LogP contribution in [0.25, 0.3) is 12.2 Å². The Kier molecular flexibility index (Phi) is 29.4. The van der Waals surface area contributed by atoms with Gasteiger partial charge < -0.3 is 38.0 Å². The van der Waals surface area contributed by atoms with Crippen molar-refractivity contribution in [2.45, 2.75) is 42.2 Å². The van der Waals surface area contributed by atoms with Crippen molar-refractivity contribution in [3.8, 4) is 0 Å². The molecule has 0 radical (unpaired) electrons. The zero-order valence-electron chi connectivity index (χ0n) is 38.7. The summed E-state index contributed by atoms with van der Waals surface area (Å²) in [7, 11) is -31.5. The first-order valence-electron chi connectivity index (χ1n) is 17.6. The smallest absolute Gasteiger partial charge is 0.744 e. The summed E-state index contributed by atoms with van der Waals surface area (Å²) in [6, 6.07) is 9.78.